The number of thioether (sulfide) groups is 1. The molecule has 34 heavy (non-hydrogen) atoms. The van der Waals surface area contributed by atoms with Gasteiger partial charge in [0.1, 0.15) is 5.75 Å². The summed E-state index contributed by atoms with van der Waals surface area (Å²) in [4.78, 5) is 14.2. The summed E-state index contributed by atoms with van der Waals surface area (Å²) in [5.74, 6) is 0.235. The standard InChI is InChI=1S/C26H30N2O4S2/c1-19-16-24(14-15-25(19)32-3)34(30,31)28(17-21-8-6-5-7-9-21)18-26(29)27-20(2)22-10-12-23(33-4)13-11-22/h5-16,20H,17-18H2,1-4H3,(H,27,29). The fourth-order valence-corrected chi connectivity index (χ4v) is 5.47. The van der Waals surface area contributed by atoms with E-state index in [2.05, 4.69) is 5.32 Å². The minimum absolute atomic E-state index is 0.0818. The largest absolute Gasteiger partial charge is 0.496 e. The van der Waals surface area contributed by atoms with Gasteiger partial charge in [-0.15, -0.1) is 11.8 Å². The van der Waals surface area contributed by atoms with Gasteiger partial charge in [0.25, 0.3) is 0 Å². The molecular formula is C26H30N2O4S2. The van der Waals surface area contributed by atoms with Crippen LogP contribution in [0.3, 0.4) is 0 Å². The Morgan fingerprint density at radius 1 is 1.06 bits per heavy atom. The second-order valence-electron chi connectivity index (χ2n) is 7.95. The molecule has 0 aliphatic heterocycles. The fraction of sp³-hybridized carbons (Fsp3) is 0.269. The smallest absolute Gasteiger partial charge is 0.243 e. The highest BCUT2D eigenvalue weighted by Crippen LogP contribution is 2.25. The first-order valence-electron chi connectivity index (χ1n) is 10.9. The van der Waals surface area contributed by atoms with E-state index in [1.807, 2.05) is 67.8 Å². The van der Waals surface area contributed by atoms with E-state index in [9.17, 15) is 13.2 Å². The second-order valence-corrected chi connectivity index (χ2v) is 10.8. The Bertz CT molecular complexity index is 1210. The Kier molecular flexibility index (Phi) is 8.77. The number of hydrogen-bond acceptors (Lipinski definition) is 5. The molecule has 1 unspecified atom stereocenters. The molecule has 0 saturated heterocycles. The normalized spacial score (nSPS) is 12.4. The van der Waals surface area contributed by atoms with Crippen molar-refractivity contribution in [3.63, 3.8) is 0 Å². The third-order valence-corrected chi connectivity index (χ3v) is 8.05. The van der Waals surface area contributed by atoms with Crippen molar-refractivity contribution < 1.29 is 17.9 Å². The van der Waals surface area contributed by atoms with E-state index in [0.717, 1.165) is 16.0 Å². The van der Waals surface area contributed by atoms with Crippen molar-refractivity contribution in [2.45, 2.75) is 36.2 Å². The lowest BCUT2D eigenvalue weighted by Gasteiger charge is -2.24. The molecule has 1 amide bonds. The number of hydrogen-bond donors (Lipinski definition) is 1. The number of benzene rings is 3. The van der Waals surface area contributed by atoms with E-state index in [4.69, 9.17) is 4.74 Å². The molecule has 3 aromatic carbocycles. The maximum atomic E-state index is 13.6. The predicted octanol–water partition coefficient (Wildman–Crippen LogP) is 4.79. The first-order valence-corrected chi connectivity index (χ1v) is 13.5. The molecule has 0 fully saturated rings. The Labute approximate surface area is 206 Å². The molecule has 1 N–H and O–H groups in total. The lowest BCUT2D eigenvalue weighted by atomic mass is 10.1. The van der Waals surface area contributed by atoms with E-state index in [0.29, 0.717) is 11.3 Å². The average molecular weight is 499 g/mol. The molecule has 3 aromatic rings. The molecule has 6 nitrogen and oxygen atoms in total. The van der Waals surface area contributed by atoms with Gasteiger partial charge in [-0.1, -0.05) is 42.5 Å². The minimum Gasteiger partial charge on any atom is -0.496 e. The lowest BCUT2D eigenvalue weighted by Crippen LogP contribution is -2.41. The summed E-state index contributed by atoms with van der Waals surface area (Å²) in [6.07, 6.45) is 2.01. The number of ether oxygens (including phenoxy) is 1. The van der Waals surface area contributed by atoms with Crippen molar-refractivity contribution in [1.29, 1.82) is 0 Å². The van der Waals surface area contributed by atoms with E-state index in [1.54, 1.807) is 37.9 Å². The summed E-state index contributed by atoms with van der Waals surface area (Å²) in [6, 6.07) is 21.6. The van der Waals surface area contributed by atoms with Gasteiger partial charge in [-0.2, -0.15) is 4.31 Å². The van der Waals surface area contributed by atoms with Gasteiger partial charge < -0.3 is 10.1 Å². The van der Waals surface area contributed by atoms with Crippen LogP contribution in [-0.4, -0.2) is 38.5 Å². The molecule has 3 rings (SSSR count). The number of nitrogens with zero attached hydrogens (tertiary/aromatic N) is 1. The van der Waals surface area contributed by atoms with Gasteiger partial charge in [-0.05, 0) is 67.1 Å². The van der Waals surface area contributed by atoms with E-state index in [1.165, 1.54) is 10.4 Å². The quantitative estimate of drug-likeness (QED) is 0.407. The average Bonchev–Trinajstić information content (AvgIpc) is 2.84. The summed E-state index contributed by atoms with van der Waals surface area (Å²) in [7, 11) is -2.40. The van der Waals surface area contributed by atoms with Gasteiger partial charge in [-0.3, -0.25) is 4.79 Å². The molecule has 180 valence electrons. The highest BCUT2D eigenvalue weighted by Gasteiger charge is 2.28. The Hall–Kier alpha value is -2.81. The summed E-state index contributed by atoms with van der Waals surface area (Å²) in [5.41, 5.74) is 2.45. The van der Waals surface area contributed by atoms with Crippen LogP contribution in [0.25, 0.3) is 0 Å². The SMILES string of the molecule is COc1ccc(S(=O)(=O)N(CC(=O)NC(C)c2ccc(SC)cc2)Cc2ccccc2)cc1C. The van der Waals surface area contributed by atoms with Crippen LogP contribution in [-0.2, 0) is 21.4 Å². The second kappa shape index (κ2) is 11.6. The van der Waals surface area contributed by atoms with Crippen LogP contribution in [0, 0.1) is 6.92 Å². The predicted molar refractivity (Wildman–Crippen MR) is 137 cm³/mol. The van der Waals surface area contributed by atoms with Gasteiger partial charge in [0.05, 0.1) is 24.6 Å². The first kappa shape index (κ1) is 25.8. The van der Waals surface area contributed by atoms with Crippen molar-refractivity contribution in [3.8, 4) is 5.75 Å². The van der Waals surface area contributed by atoms with Crippen LogP contribution in [0.5, 0.6) is 5.75 Å². The van der Waals surface area contributed by atoms with Crippen LogP contribution < -0.4 is 10.1 Å². The summed E-state index contributed by atoms with van der Waals surface area (Å²) in [6.45, 7) is 3.46. The van der Waals surface area contributed by atoms with Gasteiger partial charge in [-0.25, -0.2) is 8.42 Å². The number of methoxy groups -OCH3 is 1. The number of rotatable bonds is 10. The molecule has 0 aliphatic rings. The molecule has 0 heterocycles. The minimum atomic E-state index is -3.94. The zero-order valence-corrected chi connectivity index (χ0v) is 21.4. The summed E-state index contributed by atoms with van der Waals surface area (Å²) in [5, 5.41) is 2.93. The first-order chi connectivity index (χ1) is 16.2. The van der Waals surface area contributed by atoms with Crippen molar-refractivity contribution in [2.24, 2.45) is 0 Å². The van der Waals surface area contributed by atoms with E-state index >= 15 is 0 Å². The molecule has 0 aliphatic carbocycles. The van der Waals surface area contributed by atoms with Crippen LogP contribution in [0.15, 0.2) is 82.6 Å². The monoisotopic (exact) mass is 498 g/mol. The molecule has 0 spiro atoms. The third kappa shape index (κ3) is 6.40. The summed E-state index contributed by atoms with van der Waals surface area (Å²) >= 11 is 1.65. The fourth-order valence-electron chi connectivity index (χ4n) is 3.60. The van der Waals surface area contributed by atoms with Gasteiger partial charge >= 0.3 is 0 Å². The lowest BCUT2D eigenvalue weighted by molar-refractivity contribution is -0.122. The van der Waals surface area contributed by atoms with E-state index < -0.39 is 10.0 Å². The van der Waals surface area contributed by atoms with E-state index in [-0.39, 0.29) is 29.9 Å². The molecule has 0 aromatic heterocycles. The van der Waals surface area contributed by atoms with Gasteiger partial charge in [0.2, 0.25) is 15.9 Å². The van der Waals surface area contributed by atoms with Crippen LogP contribution >= 0.6 is 11.8 Å². The zero-order chi connectivity index (χ0) is 24.7. The van der Waals surface area contributed by atoms with Crippen molar-refractivity contribution in [1.82, 2.24) is 9.62 Å². The Morgan fingerprint density at radius 2 is 1.74 bits per heavy atom. The highest BCUT2D eigenvalue weighted by molar-refractivity contribution is 7.98. The van der Waals surface area contributed by atoms with Crippen LogP contribution in [0.4, 0.5) is 0 Å². The Morgan fingerprint density at radius 3 is 2.32 bits per heavy atom. The van der Waals surface area contributed by atoms with Gasteiger partial charge in [0.15, 0.2) is 0 Å². The molecule has 1 atom stereocenters. The molecule has 8 heteroatoms. The van der Waals surface area contributed by atoms with Crippen molar-refractivity contribution in [2.75, 3.05) is 19.9 Å². The number of amides is 1. The molecule has 0 bridgehead atoms. The molecular weight excluding hydrogens is 468 g/mol. The number of sulfonamides is 1. The van der Waals surface area contributed by atoms with Crippen LogP contribution in [0.2, 0.25) is 0 Å². The summed E-state index contributed by atoms with van der Waals surface area (Å²) < 4.78 is 33.6. The number of carbonyl (C=O) groups excluding carboxylic acids is 1. The Balaban J connectivity index is 1.83. The van der Waals surface area contributed by atoms with Gasteiger partial charge in [0, 0.05) is 11.4 Å². The zero-order valence-electron chi connectivity index (χ0n) is 19.8. The molecule has 0 radical (unpaired) electrons. The topological polar surface area (TPSA) is 75.7 Å². The van der Waals surface area contributed by atoms with Crippen LogP contribution in [0.1, 0.15) is 29.7 Å². The maximum Gasteiger partial charge on any atom is 0.243 e. The maximum absolute atomic E-state index is 13.6. The number of nitrogens with one attached hydrogen (secondary N) is 1. The van der Waals surface area contributed by atoms with Crippen molar-refractivity contribution >= 4 is 27.7 Å². The third-order valence-electron chi connectivity index (χ3n) is 5.52. The highest BCUT2D eigenvalue weighted by atomic mass is 32.2. The number of aryl methyl sites for hydroxylation is 1. The van der Waals surface area contributed by atoms with Crippen molar-refractivity contribution in [3.05, 3.63) is 89.5 Å². The molecule has 0 saturated carbocycles. The number of carbonyl (C=O) groups is 1.